The molecule has 0 unspecified atom stereocenters. The Morgan fingerprint density at radius 2 is 1.68 bits per heavy atom. The number of halogens is 1. The molecular weight excluding hydrogens is 318 g/mol. The van der Waals surface area contributed by atoms with Gasteiger partial charge < -0.3 is 15.2 Å². The van der Waals surface area contributed by atoms with Crippen LogP contribution < -0.4 is 15.2 Å². The minimum Gasteiger partial charge on any atom is -0.490 e. The van der Waals surface area contributed by atoms with Crippen molar-refractivity contribution >= 4 is 28.8 Å². The minimum atomic E-state index is 0.257. The summed E-state index contributed by atoms with van der Waals surface area (Å²) in [6, 6.07) is 11.3. The summed E-state index contributed by atoms with van der Waals surface area (Å²) >= 11 is 10.9. The molecule has 0 atom stereocenters. The fourth-order valence-corrected chi connectivity index (χ4v) is 2.42. The smallest absolute Gasteiger partial charge is 0.129 e. The maximum atomic E-state index is 5.94. The second kappa shape index (κ2) is 7.47. The highest BCUT2D eigenvalue weighted by atomic mass is 35.5. The van der Waals surface area contributed by atoms with Crippen LogP contribution in [0, 0.1) is 13.8 Å². The molecule has 0 aliphatic carbocycles. The van der Waals surface area contributed by atoms with Gasteiger partial charge in [0.15, 0.2) is 0 Å². The third kappa shape index (κ3) is 4.36. The Morgan fingerprint density at radius 1 is 1.05 bits per heavy atom. The first-order valence-electron chi connectivity index (χ1n) is 6.89. The zero-order valence-electron chi connectivity index (χ0n) is 12.6. The van der Waals surface area contributed by atoms with Gasteiger partial charge in [0.05, 0.1) is 5.56 Å². The molecule has 5 heteroatoms. The zero-order chi connectivity index (χ0) is 16.1. The quantitative estimate of drug-likeness (QED) is 0.639. The van der Waals surface area contributed by atoms with Gasteiger partial charge in [-0.15, -0.1) is 0 Å². The molecule has 2 aromatic carbocycles. The number of aryl methyl sites for hydroxylation is 2. The fourth-order valence-electron chi connectivity index (χ4n) is 2.09. The zero-order valence-corrected chi connectivity index (χ0v) is 14.1. The molecule has 0 bridgehead atoms. The van der Waals surface area contributed by atoms with Crippen LogP contribution in [-0.4, -0.2) is 18.2 Å². The first-order chi connectivity index (χ1) is 10.5. The van der Waals surface area contributed by atoms with Crippen molar-refractivity contribution in [3.05, 3.63) is 58.1 Å². The Kier molecular flexibility index (Phi) is 5.63. The van der Waals surface area contributed by atoms with Crippen molar-refractivity contribution in [1.29, 1.82) is 0 Å². The second-order valence-corrected chi connectivity index (χ2v) is 5.85. The summed E-state index contributed by atoms with van der Waals surface area (Å²) in [5.41, 5.74) is 8.63. The largest absolute Gasteiger partial charge is 0.490 e. The summed E-state index contributed by atoms with van der Waals surface area (Å²) in [6.07, 6.45) is 0. The Hall–Kier alpha value is -1.78. The monoisotopic (exact) mass is 335 g/mol. The van der Waals surface area contributed by atoms with E-state index in [9.17, 15) is 0 Å². The third-order valence-electron chi connectivity index (χ3n) is 3.14. The van der Waals surface area contributed by atoms with E-state index in [-0.39, 0.29) is 4.99 Å². The molecule has 0 heterocycles. The van der Waals surface area contributed by atoms with Gasteiger partial charge in [0.25, 0.3) is 0 Å². The number of rotatable bonds is 6. The molecule has 2 N–H and O–H groups in total. The first kappa shape index (κ1) is 16.6. The predicted molar refractivity (Wildman–Crippen MR) is 94.2 cm³/mol. The van der Waals surface area contributed by atoms with Gasteiger partial charge >= 0.3 is 0 Å². The summed E-state index contributed by atoms with van der Waals surface area (Å²) in [6.45, 7) is 4.90. The first-order valence-corrected chi connectivity index (χ1v) is 7.68. The number of ether oxygens (including phenoxy) is 2. The van der Waals surface area contributed by atoms with E-state index in [4.69, 9.17) is 39.0 Å². The van der Waals surface area contributed by atoms with E-state index in [0.717, 1.165) is 11.3 Å². The number of nitrogens with two attached hydrogens (primary N) is 1. The summed E-state index contributed by atoms with van der Waals surface area (Å²) in [7, 11) is 0. The molecule has 0 spiro atoms. The van der Waals surface area contributed by atoms with Gasteiger partial charge in [0.2, 0.25) is 0 Å². The minimum absolute atomic E-state index is 0.257. The standard InChI is InChI=1S/C17H18ClNO2S/c1-11-3-5-15(12(2)9-11)20-7-8-21-16-6-4-13(18)10-14(16)17(19)22/h3-6,9-10H,7-8H2,1-2H3,(H2,19,22). The van der Waals surface area contributed by atoms with E-state index in [1.54, 1.807) is 18.2 Å². The van der Waals surface area contributed by atoms with Gasteiger partial charge in [-0.2, -0.15) is 0 Å². The van der Waals surface area contributed by atoms with Crippen molar-refractivity contribution in [2.75, 3.05) is 13.2 Å². The molecule has 0 saturated carbocycles. The van der Waals surface area contributed by atoms with E-state index in [1.165, 1.54) is 5.56 Å². The maximum absolute atomic E-state index is 5.94. The van der Waals surface area contributed by atoms with Gasteiger partial charge in [0.1, 0.15) is 29.7 Å². The Labute approximate surface area is 141 Å². The molecular formula is C17H18ClNO2S. The highest BCUT2D eigenvalue weighted by molar-refractivity contribution is 7.80. The van der Waals surface area contributed by atoms with Crippen molar-refractivity contribution in [2.45, 2.75) is 13.8 Å². The Morgan fingerprint density at radius 3 is 2.32 bits per heavy atom. The van der Waals surface area contributed by atoms with Gasteiger partial charge in [-0.25, -0.2) is 0 Å². The molecule has 0 amide bonds. The van der Waals surface area contributed by atoms with E-state index in [1.807, 2.05) is 19.1 Å². The normalized spacial score (nSPS) is 10.3. The molecule has 0 aliphatic heterocycles. The highest BCUT2D eigenvalue weighted by Gasteiger charge is 2.08. The maximum Gasteiger partial charge on any atom is 0.129 e. The number of hydrogen-bond acceptors (Lipinski definition) is 3. The van der Waals surface area contributed by atoms with Gasteiger partial charge in [0, 0.05) is 5.02 Å². The second-order valence-electron chi connectivity index (χ2n) is 4.97. The molecule has 0 radical (unpaired) electrons. The van der Waals surface area contributed by atoms with E-state index < -0.39 is 0 Å². The predicted octanol–water partition coefficient (Wildman–Crippen LogP) is 4.05. The summed E-state index contributed by atoms with van der Waals surface area (Å²) < 4.78 is 11.4. The van der Waals surface area contributed by atoms with Crippen LogP contribution in [0.15, 0.2) is 36.4 Å². The van der Waals surface area contributed by atoms with Crippen LogP contribution >= 0.6 is 23.8 Å². The van der Waals surface area contributed by atoms with Crippen LogP contribution in [0.2, 0.25) is 5.02 Å². The Balaban J connectivity index is 1.93. The number of thiocarbonyl (C=S) groups is 1. The summed E-state index contributed by atoms with van der Waals surface area (Å²) in [5.74, 6) is 1.47. The SMILES string of the molecule is Cc1ccc(OCCOc2ccc(Cl)cc2C(N)=S)c(C)c1. The summed E-state index contributed by atoms with van der Waals surface area (Å²) in [4.78, 5) is 0.257. The molecule has 116 valence electrons. The van der Waals surface area contributed by atoms with Crippen molar-refractivity contribution < 1.29 is 9.47 Å². The van der Waals surface area contributed by atoms with Gasteiger partial charge in [-0.1, -0.05) is 41.5 Å². The average Bonchev–Trinajstić information content (AvgIpc) is 2.46. The lowest BCUT2D eigenvalue weighted by Gasteiger charge is -2.13. The molecule has 0 fully saturated rings. The van der Waals surface area contributed by atoms with E-state index in [2.05, 4.69) is 13.0 Å². The molecule has 0 aliphatic rings. The van der Waals surface area contributed by atoms with E-state index >= 15 is 0 Å². The number of benzene rings is 2. The average molecular weight is 336 g/mol. The third-order valence-corrected chi connectivity index (χ3v) is 3.59. The van der Waals surface area contributed by atoms with Crippen molar-refractivity contribution in [1.82, 2.24) is 0 Å². The lowest BCUT2D eigenvalue weighted by molar-refractivity contribution is 0.216. The van der Waals surface area contributed by atoms with Crippen LogP contribution in [0.3, 0.4) is 0 Å². The highest BCUT2D eigenvalue weighted by Crippen LogP contribution is 2.23. The van der Waals surface area contributed by atoms with Crippen LogP contribution in [0.5, 0.6) is 11.5 Å². The van der Waals surface area contributed by atoms with Crippen LogP contribution in [0.4, 0.5) is 0 Å². The fraction of sp³-hybridized carbons (Fsp3) is 0.235. The molecule has 0 aromatic heterocycles. The van der Waals surface area contributed by atoms with Crippen LogP contribution in [0.25, 0.3) is 0 Å². The topological polar surface area (TPSA) is 44.5 Å². The molecule has 0 saturated heterocycles. The lowest BCUT2D eigenvalue weighted by Crippen LogP contribution is -2.14. The van der Waals surface area contributed by atoms with Crippen LogP contribution in [-0.2, 0) is 0 Å². The molecule has 2 rings (SSSR count). The molecule has 2 aromatic rings. The van der Waals surface area contributed by atoms with Gasteiger partial charge in [-0.3, -0.25) is 0 Å². The summed E-state index contributed by atoms with van der Waals surface area (Å²) in [5, 5.41) is 0.571. The van der Waals surface area contributed by atoms with Crippen molar-refractivity contribution in [3.63, 3.8) is 0 Å². The molecule has 22 heavy (non-hydrogen) atoms. The van der Waals surface area contributed by atoms with Gasteiger partial charge in [-0.05, 0) is 43.7 Å². The lowest BCUT2D eigenvalue weighted by atomic mass is 10.1. The van der Waals surface area contributed by atoms with Crippen molar-refractivity contribution in [3.8, 4) is 11.5 Å². The number of hydrogen-bond donors (Lipinski definition) is 1. The van der Waals surface area contributed by atoms with Crippen molar-refractivity contribution in [2.24, 2.45) is 5.73 Å². The Bertz CT molecular complexity index is 688. The van der Waals surface area contributed by atoms with Crippen LogP contribution in [0.1, 0.15) is 16.7 Å². The molecule has 3 nitrogen and oxygen atoms in total. The van der Waals surface area contributed by atoms with E-state index in [0.29, 0.717) is 29.5 Å².